The lowest BCUT2D eigenvalue weighted by Gasteiger charge is -2.06. The highest BCUT2D eigenvalue weighted by molar-refractivity contribution is 6.33. The molecule has 112 valence electrons. The number of hydrogen-bond donors (Lipinski definition) is 1. The number of Topliss-reactive ketones (excluding diaryl/α,β-unsaturated/α-hetero) is 1. The standard InChI is InChI=1S/C18H15ClO3/c1-2-22-17-9-11(6-7-16(17)20)8-12-10-14-13(18(12)21)4-3-5-15(14)19/h3-9,20H,2,10H2,1H3. The van der Waals surface area contributed by atoms with Crippen molar-refractivity contribution in [2.45, 2.75) is 13.3 Å². The van der Waals surface area contributed by atoms with Crippen LogP contribution < -0.4 is 4.74 Å². The average Bonchev–Trinajstić information content (AvgIpc) is 2.81. The summed E-state index contributed by atoms with van der Waals surface area (Å²) < 4.78 is 5.36. The number of hydrogen-bond acceptors (Lipinski definition) is 3. The third-order valence-corrected chi connectivity index (χ3v) is 4.00. The fourth-order valence-corrected chi connectivity index (χ4v) is 2.85. The van der Waals surface area contributed by atoms with Crippen molar-refractivity contribution in [1.29, 1.82) is 0 Å². The molecule has 2 aromatic carbocycles. The van der Waals surface area contributed by atoms with Crippen LogP contribution in [0.3, 0.4) is 0 Å². The lowest BCUT2D eigenvalue weighted by Crippen LogP contribution is -1.96. The number of benzene rings is 2. The van der Waals surface area contributed by atoms with Crippen molar-refractivity contribution in [3.8, 4) is 11.5 Å². The van der Waals surface area contributed by atoms with E-state index in [4.69, 9.17) is 16.3 Å². The summed E-state index contributed by atoms with van der Waals surface area (Å²) in [6, 6.07) is 10.4. The smallest absolute Gasteiger partial charge is 0.189 e. The van der Waals surface area contributed by atoms with Crippen LogP contribution in [-0.2, 0) is 6.42 Å². The monoisotopic (exact) mass is 314 g/mol. The van der Waals surface area contributed by atoms with Gasteiger partial charge in [0.15, 0.2) is 17.3 Å². The number of halogens is 1. The normalized spacial score (nSPS) is 15.2. The van der Waals surface area contributed by atoms with Crippen molar-refractivity contribution >= 4 is 23.5 Å². The Morgan fingerprint density at radius 2 is 2.14 bits per heavy atom. The van der Waals surface area contributed by atoms with E-state index in [2.05, 4.69) is 0 Å². The van der Waals surface area contributed by atoms with E-state index in [-0.39, 0.29) is 11.5 Å². The molecule has 0 spiro atoms. The highest BCUT2D eigenvalue weighted by Crippen LogP contribution is 2.34. The third-order valence-electron chi connectivity index (χ3n) is 3.65. The van der Waals surface area contributed by atoms with Gasteiger partial charge in [0.1, 0.15) is 0 Å². The number of aromatic hydroxyl groups is 1. The maximum absolute atomic E-state index is 12.4. The second-order valence-corrected chi connectivity index (χ2v) is 5.51. The van der Waals surface area contributed by atoms with Crippen LogP contribution >= 0.6 is 11.6 Å². The number of ketones is 1. The van der Waals surface area contributed by atoms with Crippen molar-refractivity contribution < 1.29 is 14.6 Å². The highest BCUT2D eigenvalue weighted by atomic mass is 35.5. The predicted molar refractivity (Wildman–Crippen MR) is 86.7 cm³/mol. The molecular weight excluding hydrogens is 300 g/mol. The van der Waals surface area contributed by atoms with Crippen LogP contribution in [0.5, 0.6) is 11.5 Å². The van der Waals surface area contributed by atoms with Gasteiger partial charge in [-0.1, -0.05) is 29.8 Å². The maximum Gasteiger partial charge on any atom is 0.189 e. The molecule has 0 aliphatic heterocycles. The van der Waals surface area contributed by atoms with E-state index < -0.39 is 0 Å². The fourth-order valence-electron chi connectivity index (χ4n) is 2.60. The molecule has 1 aliphatic rings. The van der Waals surface area contributed by atoms with Crippen molar-refractivity contribution in [3.63, 3.8) is 0 Å². The predicted octanol–water partition coefficient (Wildman–Crippen LogP) is 4.27. The van der Waals surface area contributed by atoms with Crippen molar-refractivity contribution in [1.82, 2.24) is 0 Å². The van der Waals surface area contributed by atoms with Crippen LogP contribution in [0, 0.1) is 0 Å². The minimum absolute atomic E-state index is 0.00327. The van der Waals surface area contributed by atoms with Crippen molar-refractivity contribution in [3.05, 3.63) is 63.7 Å². The van der Waals surface area contributed by atoms with Gasteiger partial charge in [0.05, 0.1) is 6.61 Å². The van der Waals surface area contributed by atoms with E-state index >= 15 is 0 Å². The van der Waals surface area contributed by atoms with E-state index in [0.717, 1.165) is 11.1 Å². The summed E-state index contributed by atoms with van der Waals surface area (Å²) in [6.07, 6.45) is 2.35. The van der Waals surface area contributed by atoms with Crippen LogP contribution in [0.15, 0.2) is 42.0 Å². The van der Waals surface area contributed by atoms with Gasteiger partial charge >= 0.3 is 0 Å². The Morgan fingerprint density at radius 3 is 2.86 bits per heavy atom. The SMILES string of the molecule is CCOc1cc(C=C2Cc3c(Cl)cccc3C2=O)ccc1O. The van der Waals surface area contributed by atoms with Gasteiger partial charge in [0.25, 0.3) is 0 Å². The Kier molecular flexibility index (Phi) is 3.90. The van der Waals surface area contributed by atoms with Crippen LogP contribution in [-0.4, -0.2) is 17.5 Å². The highest BCUT2D eigenvalue weighted by Gasteiger charge is 2.26. The Labute approximate surface area is 133 Å². The molecule has 22 heavy (non-hydrogen) atoms. The molecule has 0 atom stereocenters. The molecule has 3 rings (SSSR count). The lowest BCUT2D eigenvalue weighted by molar-refractivity contribution is 0.104. The zero-order valence-electron chi connectivity index (χ0n) is 12.1. The van der Waals surface area contributed by atoms with Crippen LogP contribution in [0.2, 0.25) is 5.02 Å². The van der Waals surface area contributed by atoms with Gasteiger partial charge in [-0.3, -0.25) is 4.79 Å². The largest absolute Gasteiger partial charge is 0.504 e. The Hall–Kier alpha value is -2.26. The summed E-state index contributed by atoms with van der Waals surface area (Å²) in [4.78, 5) is 12.4. The molecule has 0 heterocycles. The number of carbonyl (C=O) groups is 1. The molecule has 0 bridgehead atoms. The number of phenols is 1. The minimum Gasteiger partial charge on any atom is -0.504 e. The number of carbonyl (C=O) groups excluding carboxylic acids is 1. The first-order chi connectivity index (χ1) is 10.6. The van der Waals surface area contributed by atoms with Gasteiger partial charge in [0, 0.05) is 22.6 Å². The number of allylic oxidation sites excluding steroid dienone is 1. The minimum atomic E-state index is 0.00327. The first-order valence-corrected chi connectivity index (χ1v) is 7.46. The molecule has 1 aliphatic carbocycles. The quantitative estimate of drug-likeness (QED) is 0.861. The summed E-state index contributed by atoms with van der Waals surface area (Å²) in [5.41, 5.74) is 3.05. The number of fused-ring (bicyclic) bond motifs is 1. The molecule has 0 saturated heterocycles. The number of phenolic OH excluding ortho intramolecular Hbond substituents is 1. The van der Waals surface area contributed by atoms with E-state index in [0.29, 0.717) is 34.9 Å². The Morgan fingerprint density at radius 1 is 1.32 bits per heavy atom. The van der Waals surface area contributed by atoms with Crippen LogP contribution in [0.4, 0.5) is 0 Å². The molecular formula is C18H15ClO3. The first kappa shape index (κ1) is 14.7. The average molecular weight is 315 g/mol. The van der Waals surface area contributed by atoms with Crippen molar-refractivity contribution in [2.75, 3.05) is 6.61 Å². The summed E-state index contributed by atoms with van der Waals surface area (Å²) in [7, 11) is 0. The number of ether oxygens (including phenoxy) is 1. The Balaban J connectivity index is 1.96. The molecule has 0 fully saturated rings. The van der Waals surface area contributed by atoms with E-state index in [1.165, 1.54) is 0 Å². The second kappa shape index (κ2) is 5.85. The zero-order chi connectivity index (χ0) is 15.7. The molecule has 1 N–H and O–H groups in total. The summed E-state index contributed by atoms with van der Waals surface area (Å²) >= 11 is 6.16. The van der Waals surface area contributed by atoms with Crippen LogP contribution in [0.25, 0.3) is 6.08 Å². The molecule has 4 heteroatoms. The van der Waals surface area contributed by atoms with Gasteiger partial charge < -0.3 is 9.84 Å². The summed E-state index contributed by atoms with van der Waals surface area (Å²) in [6.45, 7) is 2.32. The van der Waals surface area contributed by atoms with Gasteiger partial charge in [0.2, 0.25) is 0 Å². The van der Waals surface area contributed by atoms with Gasteiger partial charge in [-0.25, -0.2) is 0 Å². The third kappa shape index (κ3) is 2.60. The molecule has 0 unspecified atom stereocenters. The van der Waals surface area contributed by atoms with Gasteiger partial charge in [-0.2, -0.15) is 0 Å². The molecule has 0 amide bonds. The molecule has 3 nitrogen and oxygen atoms in total. The second-order valence-electron chi connectivity index (χ2n) is 5.10. The van der Waals surface area contributed by atoms with E-state index in [1.807, 2.05) is 13.0 Å². The van der Waals surface area contributed by atoms with Crippen LogP contribution in [0.1, 0.15) is 28.4 Å². The summed E-state index contributed by atoms with van der Waals surface area (Å²) in [5.74, 6) is 0.509. The molecule has 0 aromatic heterocycles. The van der Waals surface area contributed by atoms with Crippen molar-refractivity contribution in [2.24, 2.45) is 0 Å². The van der Waals surface area contributed by atoms with E-state index in [1.54, 1.807) is 36.4 Å². The topological polar surface area (TPSA) is 46.5 Å². The Bertz CT molecular complexity index is 778. The molecule has 0 radical (unpaired) electrons. The summed E-state index contributed by atoms with van der Waals surface area (Å²) in [5, 5.41) is 10.3. The maximum atomic E-state index is 12.4. The molecule has 0 saturated carbocycles. The molecule has 2 aromatic rings. The van der Waals surface area contributed by atoms with E-state index in [9.17, 15) is 9.90 Å². The van der Waals surface area contributed by atoms with Gasteiger partial charge in [-0.05, 0) is 42.3 Å². The fraction of sp³-hybridized carbons (Fsp3) is 0.167. The van der Waals surface area contributed by atoms with Gasteiger partial charge in [-0.15, -0.1) is 0 Å². The lowest BCUT2D eigenvalue weighted by atomic mass is 10.1. The number of rotatable bonds is 3. The zero-order valence-corrected chi connectivity index (χ0v) is 12.9. The first-order valence-electron chi connectivity index (χ1n) is 7.08.